The van der Waals surface area contributed by atoms with Crippen LogP contribution in [0.15, 0.2) is 48.5 Å². The van der Waals surface area contributed by atoms with Gasteiger partial charge in [-0.05, 0) is 55.3 Å². The van der Waals surface area contributed by atoms with Gasteiger partial charge in [0, 0.05) is 11.3 Å². The van der Waals surface area contributed by atoms with Crippen molar-refractivity contribution in [3.05, 3.63) is 59.7 Å². The Kier molecular flexibility index (Phi) is 5.95. The summed E-state index contributed by atoms with van der Waals surface area (Å²) in [7, 11) is 0. The van der Waals surface area contributed by atoms with E-state index in [-0.39, 0.29) is 5.91 Å². The number of ether oxygens (including phenoxy) is 1. The predicted octanol–water partition coefficient (Wildman–Crippen LogP) is 3.60. The zero-order chi connectivity index (χ0) is 17.5. The first kappa shape index (κ1) is 17.5. The molecule has 5 heteroatoms. The lowest BCUT2D eigenvalue weighted by atomic mass is 10.0. The van der Waals surface area contributed by atoms with E-state index in [0.29, 0.717) is 24.3 Å². The molecule has 1 amide bonds. The Labute approximate surface area is 141 Å². The van der Waals surface area contributed by atoms with Crippen molar-refractivity contribution in [1.29, 1.82) is 0 Å². The van der Waals surface area contributed by atoms with Gasteiger partial charge in [-0.2, -0.15) is 0 Å². The van der Waals surface area contributed by atoms with Crippen LogP contribution in [0.3, 0.4) is 0 Å². The van der Waals surface area contributed by atoms with Crippen molar-refractivity contribution in [1.82, 2.24) is 0 Å². The lowest BCUT2D eigenvalue weighted by Crippen LogP contribution is -2.13. The topological polar surface area (TPSA) is 75.6 Å². The molecule has 2 rings (SSSR count). The maximum absolute atomic E-state index is 12.2. The molecular formula is C19H21NO4. The number of anilines is 1. The number of rotatable bonds is 7. The van der Waals surface area contributed by atoms with Gasteiger partial charge in [0.1, 0.15) is 5.75 Å². The number of carboxylic acids is 1. The normalized spacial score (nSPS) is 11.6. The highest BCUT2D eigenvalue weighted by atomic mass is 16.5. The van der Waals surface area contributed by atoms with E-state index in [1.807, 2.05) is 19.1 Å². The molecule has 0 radical (unpaired) electrons. The summed E-state index contributed by atoms with van der Waals surface area (Å²) in [5.41, 5.74) is 2.13. The van der Waals surface area contributed by atoms with Gasteiger partial charge >= 0.3 is 5.97 Å². The number of carbonyl (C=O) groups excluding carboxylic acids is 1. The number of aliphatic carboxylic acids is 1. The average Bonchev–Trinajstić information content (AvgIpc) is 2.57. The first-order valence-corrected chi connectivity index (χ1v) is 7.85. The van der Waals surface area contributed by atoms with E-state index in [1.54, 1.807) is 43.3 Å². The quantitative estimate of drug-likeness (QED) is 0.815. The van der Waals surface area contributed by atoms with E-state index in [1.165, 1.54) is 0 Å². The molecule has 5 nitrogen and oxygen atoms in total. The number of hydrogen-bond acceptors (Lipinski definition) is 3. The molecule has 2 aromatic carbocycles. The van der Waals surface area contributed by atoms with Gasteiger partial charge in [0.25, 0.3) is 5.91 Å². The van der Waals surface area contributed by atoms with Crippen LogP contribution >= 0.6 is 0 Å². The highest BCUT2D eigenvalue weighted by molar-refractivity contribution is 6.04. The Hall–Kier alpha value is -2.82. The molecular weight excluding hydrogens is 306 g/mol. The summed E-state index contributed by atoms with van der Waals surface area (Å²) in [6.07, 6.45) is 0.461. The number of amides is 1. The van der Waals surface area contributed by atoms with Crippen LogP contribution in [0.1, 0.15) is 29.8 Å². The molecule has 0 fully saturated rings. The molecule has 0 spiro atoms. The molecule has 2 aromatic rings. The molecule has 0 aliphatic heterocycles. The molecule has 0 aromatic heterocycles. The van der Waals surface area contributed by atoms with Crippen LogP contribution in [-0.2, 0) is 11.2 Å². The third-order valence-corrected chi connectivity index (χ3v) is 3.60. The fourth-order valence-corrected chi connectivity index (χ4v) is 2.24. The molecule has 0 heterocycles. The highest BCUT2D eigenvalue weighted by Crippen LogP contribution is 2.16. The van der Waals surface area contributed by atoms with Crippen LogP contribution in [-0.4, -0.2) is 23.6 Å². The fourth-order valence-electron chi connectivity index (χ4n) is 2.24. The summed E-state index contributed by atoms with van der Waals surface area (Å²) in [5, 5.41) is 11.7. The van der Waals surface area contributed by atoms with Crippen molar-refractivity contribution >= 4 is 17.6 Å². The van der Waals surface area contributed by atoms with Gasteiger partial charge in [0.15, 0.2) is 0 Å². The predicted molar refractivity (Wildman–Crippen MR) is 92.5 cm³/mol. The van der Waals surface area contributed by atoms with E-state index in [0.717, 1.165) is 11.3 Å². The van der Waals surface area contributed by atoms with Crippen molar-refractivity contribution in [3.8, 4) is 5.75 Å². The minimum absolute atomic E-state index is 0.204. The number of benzene rings is 2. The number of nitrogens with one attached hydrogen (secondary N) is 1. The monoisotopic (exact) mass is 327 g/mol. The largest absolute Gasteiger partial charge is 0.494 e. The Morgan fingerprint density at radius 1 is 1.08 bits per heavy atom. The van der Waals surface area contributed by atoms with Gasteiger partial charge in [-0.1, -0.05) is 19.1 Å². The van der Waals surface area contributed by atoms with Crippen molar-refractivity contribution < 1.29 is 19.4 Å². The molecule has 0 bridgehead atoms. The van der Waals surface area contributed by atoms with Crippen LogP contribution in [0.4, 0.5) is 5.69 Å². The Morgan fingerprint density at radius 3 is 2.25 bits per heavy atom. The molecule has 0 saturated carbocycles. The summed E-state index contributed by atoms with van der Waals surface area (Å²) >= 11 is 0. The Balaban J connectivity index is 1.97. The van der Waals surface area contributed by atoms with Gasteiger partial charge in [-0.15, -0.1) is 0 Å². The number of hydrogen-bond donors (Lipinski definition) is 2. The van der Waals surface area contributed by atoms with E-state index in [4.69, 9.17) is 9.84 Å². The average molecular weight is 327 g/mol. The standard InChI is InChI=1S/C19H21NO4/c1-3-24-17-10-6-15(7-11-17)18(21)20-16-8-4-14(5-9-16)12-13(2)19(22)23/h4-11,13H,3,12H2,1-2H3,(H,20,21)(H,22,23). The molecule has 0 saturated heterocycles. The smallest absolute Gasteiger partial charge is 0.306 e. The molecule has 0 aliphatic carbocycles. The zero-order valence-electron chi connectivity index (χ0n) is 13.8. The minimum atomic E-state index is -0.817. The van der Waals surface area contributed by atoms with Gasteiger partial charge < -0.3 is 15.2 Å². The van der Waals surface area contributed by atoms with Crippen molar-refractivity contribution in [2.45, 2.75) is 20.3 Å². The van der Waals surface area contributed by atoms with Crippen LogP contribution in [0.25, 0.3) is 0 Å². The van der Waals surface area contributed by atoms with E-state index in [9.17, 15) is 9.59 Å². The van der Waals surface area contributed by atoms with E-state index >= 15 is 0 Å². The summed E-state index contributed by atoms with van der Waals surface area (Å²) < 4.78 is 5.35. The summed E-state index contributed by atoms with van der Waals surface area (Å²) in [4.78, 5) is 23.1. The third kappa shape index (κ3) is 4.84. The van der Waals surface area contributed by atoms with Gasteiger partial charge in [0.2, 0.25) is 0 Å². The first-order valence-electron chi connectivity index (χ1n) is 7.85. The fraction of sp³-hybridized carbons (Fsp3) is 0.263. The molecule has 126 valence electrons. The minimum Gasteiger partial charge on any atom is -0.494 e. The van der Waals surface area contributed by atoms with Crippen LogP contribution in [0, 0.1) is 5.92 Å². The summed E-state index contributed by atoms with van der Waals surface area (Å²) in [5.74, 6) is -0.729. The molecule has 2 N–H and O–H groups in total. The van der Waals surface area contributed by atoms with Crippen molar-refractivity contribution in [3.63, 3.8) is 0 Å². The van der Waals surface area contributed by atoms with Gasteiger partial charge in [-0.3, -0.25) is 9.59 Å². The second-order valence-corrected chi connectivity index (χ2v) is 5.55. The summed E-state index contributed by atoms with van der Waals surface area (Å²) in [6.45, 7) is 4.16. The lowest BCUT2D eigenvalue weighted by molar-refractivity contribution is -0.141. The number of carbonyl (C=O) groups is 2. The van der Waals surface area contributed by atoms with Crippen molar-refractivity contribution in [2.24, 2.45) is 5.92 Å². The zero-order valence-corrected chi connectivity index (χ0v) is 13.8. The van der Waals surface area contributed by atoms with Crippen LogP contribution < -0.4 is 10.1 Å². The van der Waals surface area contributed by atoms with Crippen LogP contribution in [0.5, 0.6) is 5.75 Å². The van der Waals surface area contributed by atoms with Crippen LogP contribution in [0.2, 0.25) is 0 Å². The van der Waals surface area contributed by atoms with Gasteiger partial charge in [-0.25, -0.2) is 0 Å². The van der Waals surface area contributed by atoms with E-state index in [2.05, 4.69) is 5.32 Å². The SMILES string of the molecule is CCOc1ccc(C(=O)Nc2ccc(CC(C)C(=O)O)cc2)cc1. The maximum atomic E-state index is 12.2. The second kappa shape index (κ2) is 8.15. The molecule has 1 atom stereocenters. The molecule has 24 heavy (non-hydrogen) atoms. The highest BCUT2D eigenvalue weighted by Gasteiger charge is 2.12. The first-order chi connectivity index (χ1) is 11.5. The number of carboxylic acid groups (broad SMARTS) is 1. The van der Waals surface area contributed by atoms with E-state index < -0.39 is 11.9 Å². The lowest BCUT2D eigenvalue weighted by Gasteiger charge is -2.09. The Bertz CT molecular complexity index is 692. The van der Waals surface area contributed by atoms with Gasteiger partial charge in [0.05, 0.1) is 12.5 Å². The molecule has 1 unspecified atom stereocenters. The van der Waals surface area contributed by atoms with Crippen molar-refractivity contribution in [2.75, 3.05) is 11.9 Å². The second-order valence-electron chi connectivity index (χ2n) is 5.55. The Morgan fingerprint density at radius 2 is 1.71 bits per heavy atom. The maximum Gasteiger partial charge on any atom is 0.306 e. The summed E-state index contributed by atoms with van der Waals surface area (Å²) in [6, 6.07) is 14.1. The third-order valence-electron chi connectivity index (χ3n) is 3.60. The molecule has 0 aliphatic rings.